The van der Waals surface area contributed by atoms with E-state index in [4.69, 9.17) is 4.98 Å². The Labute approximate surface area is 159 Å². The largest absolute Gasteiger partial charge is 0.331 e. The zero-order valence-electron chi connectivity index (χ0n) is 16.0. The van der Waals surface area contributed by atoms with Crippen LogP contribution in [0, 0.1) is 20.8 Å². The van der Waals surface area contributed by atoms with E-state index in [1.165, 1.54) is 0 Å². The molecule has 1 atom stereocenters. The van der Waals surface area contributed by atoms with Crippen molar-refractivity contribution in [3.8, 4) is 11.3 Å². The number of aromatic nitrogens is 3. The lowest BCUT2D eigenvalue weighted by Crippen LogP contribution is -2.31. The monoisotopic (exact) mass is 360 g/mol. The van der Waals surface area contributed by atoms with Crippen molar-refractivity contribution < 1.29 is 4.79 Å². The van der Waals surface area contributed by atoms with E-state index in [1.54, 1.807) is 0 Å². The molecule has 0 radical (unpaired) electrons. The molecule has 2 aromatic heterocycles. The maximum absolute atomic E-state index is 13.3. The molecule has 0 aliphatic carbocycles. The van der Waals surface area contributed by atoms with Gasteiger partial charge in [-0.15, -0.1) is 0 Å². The second-order valence-corrected chi connectivity index (χ2v) is 7.20. The van der Waals surface area contributed by atoms with Gasteiger partial charge < -0.3 is 4.90 Å². The van der Waals surface area contributed by atoms with Crippen molar-refractivity contribution in [2.75, 3.05) is 6.54 Å². The molecule has 27 heavy (non-hydrogen) atoms. The molecule has 4 rings (SSSR count). The summed E-state index contributed by atoms with van der Waals surface area (Å²) in [5.41, 5.74) is 6.59. The van der Waals surface area contributed by atoms with E-state index < -0.39 is 0 Å². The topological polar surface area (TPSA) is 61.9 Å². The van der Waals surface area contributed by atoms with Gasteiger partial charge in [-0.05, 0) is 45.7 Å². The Bertz CT molecular complexity index is 958. The zero-order valence-corrected chi connectivity index (χ0v) is 16.0. The predicted octanol–water partition coefficient (Wildman–Crippen LogP) is 4.37. The van der Waals surface area contributed by atoms with E-state index in [-0.39, 0.29) is 11.9 Å². The molecule has 3 aromatic rings. The minimum Gasteiger partial charge on any atom is -0.331 e. The van der Waals surface area contributed by atoms with Gasteiger partial charge in [0.05, 0.1) is 28.7 Å². The lowest BCUT2D eigenvalue weighted by molar-refractivity contribution is 0.0734. The van der Waals surface area contributed by atoms with Crippen molar-refractivity contribution in [2.24, 2.45) is 0 Å². The zero-order chi connectivity index (χ0) is 19.0. The smallest absolute Gasteiger partial charge is 0.256 e. The van der Waals surface area contributed by atoms with Gasteiger partial charge in [-0.3, -0.25) is 14.9 Å². The fourth-order valence-electron chi connectivity index (χ4n) is 4.07. The summed E-state index contributed by atoms with van der Waals surface area (Å²) in [6, 6.07) is 14.0. The van der Waals surface area contributed by atoms with Crippen LogP contribution in [0.1, 0.15) is 51.9 Å². The Balaban J connectivity index is 1.64. The Morgan fingerprint density at radius 2 is 1.85 bits per heavy atom. The molecule has 5 nitrogen and oxygen atoms in total. The Kier molecular flexibility index (Phi) is 4.52. The quantitative estimate of drug-likeness (QED) is 0.754. The van der Waals surface area contributed by atoms with Crippen LogP contribution in [0.25, 0.3) is 11.3 Å². The highest BCUT2D eigenvalue weighted by Crippen LogP contribution is 2.36. The molecule has 1 N–H and O–H groups in total. The SMILES string of the molecule is Cc1nc(-c2ccccc2)ccc1C(=O)N1CCCC1c1c(C)n[nH]c1C. The average Bonchev–Trinajstić information content (AvgIpc) is 3.28. The minimum absolute atomic E-state index is 0.0575. The van der Waals surface area contributed by atoms with Gasteiger partial charge in [0.15, 0.2) is 0 Å². The highest BCUT2D eigenvalue weighted by Gasteiger charge is 2.34. The van der Waals surface area contributed by atoms with Crippen LogP contribution in [0.2, 0.25) is 0 Å². The molecule has 1 aromatic carbocycles. The van der Waals surface area contributed by atoms with Crippen molar-refractivity contribution in [1.29, 1.82) is 0 Å². The summed E-state index contributed by atoms with van der Waals surface area (Å²) in [5.74, 6) is 0.0575. The Morgan fingerprint density at radius 1 is 1.07 bits per heavy atom. The molecule has 1 aliphatic rings. The summed E-state index contributed by atoms with van der Waals surface area (Å²) in [7, 11) is 0. The van der Waals surface area contributed by atoms with Gasteiger partial charge in [-0.2, -0.15) is 5.10 Å². The van der Waals surface area contributed by atoms with Crippen LogP contribution in [0.15, 0.2) is 42.5 Å². The molecule has 3 heterocycles. The molecule has 1 unspecified atom stereocenters. The van der Waals surface area contributed by atoms with E-state index in [0.29, 0.717) is 5.56 Å². The molecule has 1 fully saturated rings. The maximum atomic E-state index is 13.3. The molecule has 138 valence electrons. The number of carbonyl (C=O) groups is 1. The number of aryl methyl sites for hydroxylation is 3. The summed E-state index contributed by atoms with van der Waals surface area (Å²) in [6.07, 6.45) is 1.98. The lowest BCUT2D eigenvalue weighted by Gasteiger charge is -2.26. The fraction of sp³-hybridized carbons (Fsp3) is 0.318. The maximum Gasteiger partial charge on any atom is 0.256 e. The number of H-pyrrole nitrogens is 1. The average molecular weight is 360 g/mol. The second-order valence-electron chi connectivity index (χ2n) is 7.20. The lowest BCUT2D eigenvalue weighted by atomic mass is 10.0. The van der Waals surface area contributed by atoms with Crippen LogP contribution in [0.5, 0.6) is 0 Å². The highest BCUT2D eigenvalue weighted by atomic mass is 16.2. The number of likely N-dealkylation sites (tertiary alicyclic amines) is 1. The molecule has 0 spiro atoms. The summed E-state index contributed by atoms with van der Waals surface area (Å²) < 4.78 is 0. The van der Waals surface area contributed by atoms with Gasteiger partial charge in [0.2, 0.25) is 0 Å². The fourth-order valence-corrected chi connectivity index (χ4v) is 4.07. The van der Waals surface area contributed by atoms with Gasteiger partial charge in [0.1, 0.15) is 0 Å². The molecule has 1 aliphatic heterocycles. The van der Waals surface area contributed by atoms with Crippen LogP contribution in [0.4, 0.5) is 0 Å². The van der Waals surface area contributed by atoms with E-state index in [1.807, 2.05) is 68.1 Å². The number of hydrogen-bond acceptors (Lipinski definition) is 3. The van der Waals surface area contributed by atoms with Gasteiger partial charge in [-0.1, -0.05) is 30.3 Å². The first-order chi connectivity index (χ1) is 13.1. The second kappa shape index (κ2) is 6.99. The number of amides is 1. The third kappa shape index (κ3) is 3.14. The van der Waals surface area contributed by atoms with Crippen molar-refractivity contribution in [1.82, 2.24) is 20.1 Å². The Hall–Kier alpha value is -2.95. The van der Waals surface area contributed by atoms with Crippen LogP contribution in [-0.4, -0.2) is 32.5 Å². The molecule has 1 amide bonds. The number of nitrogens with zero attached hydrogens (tertiary/aromatic N) is 3. The number of hydrogen-bond donors (Lipinski definition) is 1. The third-order valence-electron chi connectivity index (χ3n) is 5.42. The molecule has 1 saturated heterocycles. The number of benzene rings is 1. The number of aromatic amines is 1. The van der Waals surface area contributed by atoms with Crippen molar-refractivity contribution in [3.63, 3.8) is 0 Å². The number of carbonyl (C=O) groups excluding carboxylic acids is 1. The molecule has 0 bridgehead atoms. The predicted molar refractivity (Wildman–Crippen MR) is 105 cm³/mol. The van der Waals surface area contributed by atoms with Gasteiger partial charge in [0.25, 0.3) is 5.91 Å². The molecule has 0 saturated carbocycles. The normalized spacial score (nSPS) is 16.7. The standard InChI is InChI=1S/C22H24N4O/c1-14-18(11-12-19(23-14)17-8-5-4-6-9-17)22(27)26-13-7-10-20(26)21-15(2)24-25-16(21)3/h4-6,8-9,11-12,20H,7,10,13H2,1-3H3,(H,24,25). The van der Waals surface area contributed by atoms with E-state index in [9.17, 15) is 4.79 Å². The van der Waals surface area contributed by atoms with Crippen molar-refractivity contribution in [2.45, 2.75) is 39.7 Å². The number of nitrogens with one attached hydrogen (secondary N) is 1. The van der Waals surface area contributed by atoms with Gasteiger partial charge in [0, 0.05) is 23.4 Å². The van der Waals surface area contributed by atoms with Crippen molar-refractivity contribution >= 4 is 5.91 Å². The minimum atomic E-state index is 0.0575. The molecular weight excluding hydrogens is 336 g/mol. The number of pyridine rings is 1. The molecular formula is C22H24N4O. The highest BCUT2D eigenvalue weighted by molar-refractivity contribution is 5.96. The van der Waals surface area contributed by atoms with E-state index in [0.717, 1.165) is 53.3 Å². The van der Waals surface area contributed by atoms with Crippen LogP contribution in [0.3, 0.4) is 0 Å². The van der Waals surface area contributed by atoms with Gasteiger partial charge in [-0.25, -0.2) is 0 Å². The first kappa shape index (κ1) is 17.5. The van der Waals surface area contributed by atoms with Crippen LogP contribution >= 0.6 is 0 Å². The van der Waals surface area contributed by atoms with E-state index >= 15 is 0 Å². The van der Waals surface area contributed by atoms with Crippen LogP contribution in [-0.2, 0) is 0 Å². The summed E-state index contributed by atoms with van der Waals surface area (Å²) in [4.78, 5) is 20.0. The van der Waals surface area contributed by atoms with E-state index in [2.05, 4.69) is 10.2 Å². The Morgan fingerprint density at radius 3 is 2.52 bits per heavy atom. The van der Waals surface area contributed by atoms with Crippen LogP contribution < -0.4 is 0 Å². The third-order valence-corrected chi connectivity index (χ3v) is 5.42. The summed E-state index contributed by atoms with van der Waals surface area (Å²) >= 11 is 0. The number of rotatable bonds is 3. The van der Waals surface area contributed by atoms with Crippen molar-refractivity contribution in [3.05, 3.63) is 70.7 Å². The van der Waals surface area contributed by atoms with Gasteiger partial charge >= 0.3 is 0 Å². The first-order valence-electron chi connectivity index (χ1n) is 9.41. The summed E-state index contributed by atoms with van der Waals surface area (Å²) in [5, 5.41) is 7.36. The molecule has 5 heteroatoms. The summed E-state index contributed by atoms with van der Waals surface area (Å²) in [6.45, 7) is 6.71. The first-order valence-corrected chi connectivity index (χ1v) is 9.41.